The molecule has 35 heavy (non-hydrogen) atoms. The number of anilines is 3. The van der Waals surface area contributed by atoms with Crippen molar-refractivity contribution in [1.82, 2.24) is 0 Å². The molecule has 4 rings (SSSR count). The van der Waals surface area contributed by atoms with E-state index >= 15 is 0 Å². The summed E-state index contributed by atoms with van der Waals surface area (Å²) in [5.74, 6) is -0.191. The minimum atomic E-state index is -3.52. The van der Waals surface area contributed by atoms with Gasteiger partial charge in [-0.25, -0.2) is 8.42 Å². The molecule has 0 unspecified atom stereocenters. The van der Waals surface area contributed by atoms with Crippen LogP contribution in [0.15, 0.2) is 66.7 Å². The maximum atomic E-state index is 12.8. The third-order valence-corrected chi connectivity index (χ3v) is 7.23. The van der Waals surface area contributed by atoms with Crippen LogP contribution in [0.3, 0.4) is 0 Å². The van der Waals surface area contributed by atoms with Crippen LogP contribution in [-0.4, -0.2) is 33.0 Å². The molecule has 1 fully saturated rings. The zero-order chi connectivity index (χ0) is 25.2. The van der Waals surface area contributed by atoms with E-state index in [4.69, 9.17) is 0 Å². The Morgan fingerprint density at radius 3 is 2.26 bits per heavy atom. The molecule has 1 aliphatic heterocycles. The Morgan fingerprint density at radius 2 is 1.66 bits per heavy atom. The summed E-state index contributed by atoms with van der Waals surface area (Å²) in [6, 6.07) is 19.8. The van der Waals surface area contributed by atoms with Crippen molar-refractivity contribution in [3.8, 4) is 0 Å². The normalized spacial score (nSPS) is 13.7. The lowest BCUT2D eigenvalue weighted by Gasteiger charge is -2.26. The van der Waals surface area contributed by atoms with Crippen molar-refractivity contribution in [1.29, 1.82) is 0 Å². The van der Waals surface area contributed by atoms with Crippen LogP contribution in [0.25, 0.3) is 0 Å². The molecule has 182 valence electrons. The second-order valence-corrected chi connectivity index (χ2v) is 10.8. The average molecular weight is 492 g/mol. The predicted molar refractivity (Wildman–Crippen MR) is 139 cm³/mol. The Hall–Kier alpha value is -3.65. The van der Waals surface area contributed by atoms with Crippen molar-refractivity contribution in [2.45, 2.75) is 33.2 Å². The van der Waals surface area contributed by atoms with Crippen LogP contribution in [-0.2, 0) is 21.4 Å². The molecule has 0 spiro atoms. The molecular formula is C27H29N3O4S. The summed E-state index contributed by atoms with van der Waals surface area (Å²) in [5, 5.41) is 2.88. The summed E-state index contributed by atoms with van der Waals surface area (Å²) < 4.78 is 26.6. The van der Waals surface area contributed by atoms with Crippen LogP contribution in [0.4, 0.5) is 17.1 Å². The standard InChI is InChI=1S/C27H29N3O4S/c1-19-7-4-8-20(2)26(19)30(35(3,33)34)18-21-12-14-22(15-13-21)27(32)28-23-9-5-10-24(17-23)29-16-6-11-25(29)31/h4-5,7-10,12-15,17H,6,11,16,18H2,1-3H3,(H,28,32). The third-order valence-electron chi connectivity index (χ3n) is 6.12. The second kappa shape index (κ2) is 9.92. The van der Waals surface area contributed by atoms with Crippen molar-refractivity contribution in [2.75, 3.05) is 27.3 Å². The number of rotatable bonds is 7. The molecule has 0 saturated carbocycles. The molecule has 1 aliphatic rings. The smallest absolute Gasteiger partial charge is 0.255 e. The second-order valence-electron chi connectivity index (χ2n) is 8.86. The highest BCUT2D eigenvalue weighted by molar-refractivity contribution is 7.92. The van der Waals surface area contributed by atoms with Crippen LogP contribution in [0.1, 0.15) is 39.9 Å². The first-order valence-electron chi connectivity index (χ1n) is 11.5. The Balaban J connectivity index is 1.49. The van der Waals surface area contributed by atoms with Gasteiger partial charge < -0.3 is 10.2 Å². The predicted octanol–water partition coefficient (Wildman–Crippen LogP) is 4.65. The van der Waals surface area contributed by atoms with Crippen molar-refractivity contribution in [2.24, 2.45) is 0 Å². The first-order chi connectivity index (χ1) is 16.6. The quantitative estimate of drug-likeness (QED) is 0.521. The van der Waals surface area contributed by atoms with Crippen LogP contribution < -0.4 is 14.5 Å². The van der Waals surface area contributed by atoms with Crippen molar-refractivity contribution in [3.05, 3.63) is 89.0 Å². The van der Waals surface area contributed by atoms with Gasteiger partial charge in [-0.1, -0.05) is 36.4 Å². The Kier molecular flexibility index (Phi) is 6.93. The monoisotopic (exact) mass is 491 g/mol. The van der Waals surface area contributed by atoms with Gasteiger partial charge in [0.15, 0.2) is 0 Å². The van der Waals surface area contributed by atoms with Crippen LogP contribution in [0, 0.1) is 13.8 Å². The van der Waals surface area contributed by atoms with E-state index in [-0.39, 0.29) is 18.4 Å². The van der Waals surface area contributed by atoms with E-state index in [9.17, 15) is 18.0 Å². The average Bonchev–Trinajstić information content (AvgIpc) is 3.24. The number of carbonyl (C=O) groups is 2. The number of amides is 2. The van der Waals surface area contributed by atoms with Gasteiger partial charge in [-0.05, 0) is 67.3 Å². The number of aryl methyl sites for hydroxylation is 2. The van der Waals surface area contributed by atoms with Crippen molar-refractivity contribution in [3.63, 3.8) is 0 Å². The molecule has 0 bridgehead atoms. The number of para-hydroxylation sites is 1. The molecule has 1 heterocycles. The SMILES string of the molecule is Cc1cccc(C)c1N(Cc1ccc(C(=O)Nc2cccc(N3CCCC3=O)c2)cc1)S(C)(=O)=O. The number of benzene rings is 3. The van der Waals surface area contributed by atoms with Gasteiger partial charge in [0.05, 0.1) is 18.5 Å². The van der Waals surface area contributed by atoms with Crippen LogP contribution in [0.2, 0.25) is 0 Å². The molecule has 3 aromatic rings. The fourth-order valence-corrected chi connectivity index (χ4v) is 5.37. The molecule has 0 aromatic heterocycles. The molecule has 1 saturated heterocycles. The molecule has 3 aromatic carbocycles. The fraction of sp³-hybridized carbons (Fsp3) is 0.259. The van der Waals surface area contributed by atoms with E-state index in [1.54, 1.807) is 41.3 Å². The van der Waals surface area contributed by atoms with E-state index in [0.717, 1.165) is 28.8 Å². The number of hydrogen-bond acceptors (Lipinski definition) is 4. The van der Waals surface area contributed by atoms with Gasteiger partial charge in [-0.3, -0.25) is 13.9 Å². The minimum Gasteiger partial charge on any atom is -0.322 e. The summed E-state index contributed by atoms with van der Waals surface area (Å²) >= 11 is 0. The van der Waals surface area contributed by atoms with Crippen molar-refractivity contribution >= 4 is 38.9 Å². The number of carbonyl (C=O) groups excluding carboxylic acids is 2. The van der Waals surface area contributed by atoms with E-state index < -0.39 is 10.0 Å². The summed E-state index contributed by atoms with van der Waals surface area (Å²) in [4.78, 5) is 26.6. The zero-order valence-corrected chi connectivity index (χ0v) is 20.9. The van der Waals surface area contributed by atoms with Gasteiger partial charge in [0.25, 0.3) is 5.91 Å². The Labute approximate surface area is 206 Å². The van der Waals surface area contributed by atoms with Gasteiger partial charge in [0.1, 0.15) is 0 Å². The van der Waals surface area contributed by atoms with Gasteiger partial charge in [-0.2, -0.15) is 0 Å². The van der Waals surface area contributed by atoms with Crippen molar-refractivity contribution < 1.29 is 18.0 Å². The summed E-state index contributed by atoms with van der Waals surface area (Å²) in [5.41, 5.74) is 5.03. The maximum Gasteiger partial charge on any atom is 0.255 e. The van der Waals surface area contributed by atoms with E-state index in [0.29, 0.717) is 29.9 Å². The molecule has 0 atom stereocenters. The number of nitrogens with one attached hydrogen (secondary N) is 1. The number of hydrogen-bond donors (Lipinski definition) is 1. The molecule has 0 radical (unpaired) electrons. The van der Waals surface area contributed by atoms with E-state index in [1.165, 1.54) is 10.6 Å². The van der Waals surface area contributed by atoms with Crippen LogP contribution in [0.5, 0.6) is 0 Å². The highest BCUT2D eigenvalue weighted by Crippen LogP contribution is 2.29. The highest BCUT2D eigenvalue weighted by atomic mass is 32.2. The zero-order valence-electron chi connectivity index (χ0n) is 20.1. The third kappa shape index (κ3) is 5.54. The number of nitrogens with zero attached hydrogens (tertiary/aromatic N) is 2. The van der Waals surface area contributed by atoms with E-state index in [2.05, 4.69) is 5.32 Å². The lowest BCUT2D eigenvalue weighted by Crippen LogP contribution is -2.30. The molecule has 2 amide bonds. The largest absolute Gasteiger partial charge is 0.322 e. The first-order valence-corrected chi connectivity index (χ1v) is 13.3. The molecular weight excluding hydrogens is 462 g/mol. The first kappa shape index (κ1) is 24.5. The highest BCUT2D eigenvalue weighted by Gasteiger charge is 2.23. The molecule has 0 aliphatic carbocycles. The molecule has 1 N–H and O–H groups in total. The summed E-state index contributed by atoms with van der Waals surface area (Å²) in [6.45, 7) is 4.63. The summed E-state index contributed by atoms with van der Waals surface area (Å²) in [7, 11) is -3.52. The van der Waals surface area contributed by atoms with Gasteiger partial charge >= 0.3 is 0 Å². The lowest BCUT2D eigenvalue weighted by atomic mass is 10.1. The van der Waals surface area contributed by atoms with E-state index in [1.807, 2.05) is 44.2 Å². The number of sulfonamides is 1. The minimum absolute atomic E-state index is 0.0908. The Morgan fingerprint density at radius 1 is 1.00 bits per heavy atom. The summed E-state index contributed by atoms with van der Waals surface area (Å²) in [6.07, 6.45) is 2.58. The Bertz CT molecular complexity index is 1350. The molecule has 7 nitrogen and oxygen atoms in total. The topological polar surface area (TPSA) is 86.8 Å². The fourth-order valence-electron chi connectivity index (χ4n) is 4.36. The van der Waals surface area contributed by atoms with Crippen LogP contribution >= 0.6 is 0 Å². The van der Waals surface area contributed by atoms with Gasteiger partial charge in [0.2, 0.25) is 15.9 Å². The molecule has 8 heteroatoms. The maximum absolute atomic E-state index is 12.8. The van der Waals surface area contributed by atoms with Gasteiger partial charge in [0, 0.05) is 29.9 Å². The lowest BCUT2D eigenvalue weighted by molar-refractivity contribution is -0.117. The van der Waals surface area contributed by atoms with Gasteiger partial charge in [-0.15, -0.1) is 0 Å².